The highest BCUT2D eigenvalue weighted by Gasteiger charge is 2.12. The standard InChI is InChI=1S/C15H9ClFNOS/c16-14(19)7-9-3-1-2-4-11(9)15-18-12-6-5-10(17)8-13(12)20-15/h1-6,8H,7H2. The van der Waals surface area contributed by atoms with Gasteiger partial charge in [-0.3, -0.25) is 4.79 Å². The van der Waals surface area contributed by atoms with Crippen molar-refractivity contribution < 1.29 is 9.18 Å². The maximum atomic E-state index is 13.2. The third kappa shape index (κ3) is 2.57. The van der Waals surface area contributed by atoms with Crippen LogP contribution in [0.3, 0.4) is 0 Å². The monoisotopic (exact) mass is 305 g/mol. The summed E-state index contributed by atoms with van der Waals surface area (Å²) >= 11 is 6.87. The maximum Gasteiger partial charge on any atom is 0.226 e. The molecule has 1 heterocycles. The molecule has 0 unspecified atom stereocenters. The lowest BCUT2D eigenvalue weighted by Gasteiger charge is -2.03. The van der Waals surface area contributed by atoms with Gasteiger partial charge in [0.1, 0.15) is 10.8 Å². The van der Waals surface area contributed by atoms with Crippen LogP contribution in [0.1, 0.15) is 5.56 Å². The number of hydrogen-bond acceptors (Lipinski definition) is 3. The number of carbonyl (C=O) groups excluding carboxylic acids is 1. The average Bonchev–Trinajstić information content (AvgIpc) is 2.81. The smallest absolute Gasteiger partial charge is 0.226 e. The Morgan fingerprint density at radius 2 is 2.05 bits per heavy atom. The first-order valence-corrected chi connectivity index (χ1v) is 7.15. The second-order valence-electron chi connectivity index (χ2n) is 4.32. The molecule has 0 radical (unpaired) electrons. The van der Waals surface area contributed by atoms with Gasteiger partial charge in [0.25, 0.3) is 0 Å². The molecule has 0 aliphatic carbocycles. The fourth-order valence-corrected chi connectivity index (χ4v) is 3.24. The normalized spacial score (nSPS) is 10.9. The number of thiazole rings is 1. The fraction of sp³-hybridized carbons (Fsp3) is 0.0667. The summed E-state index contributed by atoms with van der Waals surface area (Å²) in [6.07, 6.45) is 0.155. The SMILES string of the molecule is O=C(Cl)Cc1ccccc1-c1nc2ccc(F)cc2s1. The van der Waals surface area contributed by atoms with Gasteiger partial charge in [-0.2, -0.15) is 0 Å². The largest absolute Gasteiger partial charge is 0.281 e. The van der Waals surface area contributed by atoms with E-state index in [0.717, 1.165) is 26.4 Å². The Kier molecular flexibility index (Phi) is 3.51. The summed E-state index contributed by atoms with van der Waals surface area (Å²) in [5, 5.41) is 0.351. The van der Waals surface area contributed by atoms with Crippen molar-refractivity contribution in [2.75, 3.05) is 0 Å². The molecular weight excluding hydrogens is 297 g/mol. The van der Waals surface area contributed by atoms with Gasteiger partial charge in [-0.25, -0.2) is 9.37 Å². The van der Waals surface area contributed by atoms with Crippen LogP contribution in [0.2, 0.25) is 0 Å². The second kappa shape index (κ2) is 5.31. The highest BCUT2D eigenvalue weighted by Crippen LogP contribution is 2.32. The topological polar surface area (TPSA) is 30.0 Å². The van der Waals surface area contributed by atoms with Gasteiger partial charge in [0.15, 0.2) is 0 Å². The van der Waals surface area contributed by atoms with E-state index in [9.17, 15) is 9.18 Å². The molecule has 0 saturated heterocycles. The number of halogens is 2. The molecule has 0 aliphatic rings. The first kappa shape index (κ1) is 13.2. The summed E-state index contributed by atoms with van der Waals surface area (Å²) in [5.74, 6) is -0.281. The molecule has 0 spiro atoms. The van der Waals surface area contributed by atoms with E-state index in [2.05, 4.69) is 4.98 Å². The molecule has 1 aromatic heterocycles. The number of benzene rings is 2. The third-order valence-corrected chi connectivity index (χ3v) is 4.11. The van der Waals surface area contributed by atoms with Gasteiger partial charge in [-0.05, 0) is 35.4 Å². The van der Waals surface area contributed by atoms with Crippen LogP contribution < -0.4 is 0 Å². The van der Waals surface area contributed by atoms with E-state index in [1.807, 2.05) is 24.3 Å². The Morgan fingerprint density at radius 1 is 1.25 bits per heavy atom. The number of nitrogens with zero attached hydrogens (tertiary/aromatic N) is 1. The number of fused-ring (bicyclic) bond motifs is 1. The third-order valence-electron chi connectivity index (χ3n) is 2.93. The molecule has 3 rings (SSSR count). The highest BCUT2D eigenvalue weighted by atomic mass is 35.5. The molecule has 0 amide bonds. The van der Waals surface area contributed by atoms with Gasteiger partial charge in [0.2, 0.25) is 5.24 Å². The zero-order valence-electron chi connectivity index (χ0n) is 10.3. The molecule has 5 heteroatoms. The maximum absolute atomic E-state index is 13.2. The van der Waals surface area contributed by atoms with Crippen molar-refractivity contribution in [2.24, 2.45) is 0 Å². The van der Waals surface area contributed by atoms with E-state index in [0.29, 0.717) is 0 Å². The summed E-state index contributed by atoms with van der Waals surface area (Å²) in [5.41, 5.74) is 2.44. The summed E-state index contributed by atoms with van der Waals surface area (Å²) < 4.78 is 14.0. The first-order valence-electron chi connectivity index (χ1n) is 5.96. The van der Waals surface area contributed by atoms with Gasteiger partial charge in [-0.15, -0.1) is 11.3 Å². The van der Waals surface area contributed by atoms with E-state index in [1.54, 1.807) is 6.07 Å². The lowest BCUT2D eigenvalue weighted by atomic mass is 10.1. The van der Waals surface area contributed by atoms with Crippen molar-refractivity contribution in [3.8, 4) is 10.6 Å². The van der Waals surface area contributed by atoms with Crippen LogP contribution in [0.25, 0.3) is 20.8 Å². The summed E-state index contributed by atoms with van der Waals surface area (Å²) in [6, 6.07) is 12.0. The molecule has 3 aromatic rings. The molecule has 0 bridgehead atoms. The van der Waals surface area contributed by atoms with Crippen molar-refractivity contribution >= 4 is 38.4 Å². The Balaban J connectivity index is 2.13. The highest BCUT2D eigenvalue weighted by molar-refractivity contribution is 7.21. The van der Waals surface area contributed by atoms with Crippen molar-refractivity contribution in [1.29, 1.82) is 0 Å². The average molecular weight is 306 g/mol. The minimum Gasteiger partial charge on any atom is -0.281 e. The van der Waals surface area contributed by atoms with Crippen LogP contribution in [-0.2, 0) is 11.2 Å². The van der Waals surface area contributed by atoms with Gasteiger partial charge in [0.05, 0.1) is 10.2 Å². The Morgan fingerprint density at radius 3 is 2.85 bits per heavy atom. The molecule has 20 heavy (non-hydrogen) atoms. The van der Waals surface area contributed by atoms with Gasteiger partial charge >= 0.3 is 0 Å². The van der Waals surface area contributed by atoms with Crippen LogP contribution in [0.5, 0.6) is 0 Å². The number of carbonyl (C=O) groups is 1. The summed E-state index contributed by atoms with van der Waals surface area (Å²) in [4.78, 5) is 15.6. The number of hydrogen-bond donors (Lipinski definition) is 0. The molecule has 2 nitrogen and oxygen atoms in total. The van der Waals surface area contributed by atoms with Crippen LogP contribution in [0, 0.1) is 5.82 Å². The number of aromatic nitrogens is 1. The minimum absolute atomic E-state index is 0.155. The predicted molar refractivity (Wildman–Crippen MR) is 79.6 cm³/mol. The van der Waals surface area contributed by atoms with Gasteiger partial charge < -0.3 is 0 Å². The van der Waals surface area contributed by atoms with E-state index in [-0.39, 0.29) is 12.2 Å². The van der Waals surface area contributed by atoms with Crippen molar-refractivity contribution in [3.05, 3.63) is 53.8 Å². The molecule has 100 valence electrons. The van der Waals surface area contributed by atoms with Crippen LogP contribution >= 0.6 is 22.9 Å². The minimum atomic E-state index is -0.412. The number of rotatable bonds is 3. The zero-order chi connectivity index (χ0) is 14.1. The lowest BCUT2D eigenvalue weighted by molar-refractivity contribution is -0.111. The summed E-state index contributed by atoms with van der Waals surface area (Å²) in [6.45, 7) is 0. The van der Waals surface area contributed by atoms with Crippen molar-refractivity contribution in [1.82, 2.24) is 4.98 Å². The lowest BCUT2D eigenvalue weighted by Crippen LogP contribution is -1.95. The van der Waals surface area contributed by atoms with E-state index in [4.69, 9.17) is 11.6 Å². The molecule has 2 aromatic carbocycles. The molecular formula is C15H9ClFNOS. The van der Waals surface area contributed by atoms with Crippen molar-refractivity contribution in [2.45, 2.75) is 6.42 Å². The van der Waals surface area contributed by atoms with Gasteiger partial charge in [0, 0.05) is 12.0 Å². The molecule has 0 saturated carbocycles. The molecule has 0 aliphatic heterocycles. The van der Waals surface area contributed by atoms with Crippen LogP contribution in [0.15, 0.2) is 42.5 Å². The quantitative estimate of drug-likeness (QED) is 0.671. The Hall–Kier alpha value is -1.78. The first-order chi connectivity index (χ1) is 9.63. The van der Waals surface area contributed by atoms with E-state index in [1.165, 1.54) is 23.5 Å². The fourth-order valence-electron chi connectivity index (χ4n) is 2.05. The Labute approximate surface area is 123 Å². The Bertz CT molecular complexity index is 799. The van der Waals surface area contributed by atoms with E-state index >= 15 is 0 Å². The van der Waals surface area contributed by atoms with Crippen molar-refractivity contribution in [3.63, 3.8) is 0 Å². The molecule has 0 fully saturated rings. The van der Waals surface area contributed by atoms with Crippen LogP contribution in [-0.4, -0.2) is 10.2 Å². The predicted octanol–water partition coefficient (Wildman–Crippen LogP) is 4.41. The van der Waals surface area contributed by atoms with E-state index < -0.39 is 5.24 Å². The zero-order valence-corrected chi connectivity index (χ0v) is 11.8. The molecule has 0 N–H and O–H groups in total. The van der Waals surface area contributed by atoms with Gasteiger partial charge in [-0.1, -0.05) is 24.3 Å². The molecule has 0 atom stereocenters. The van der Waals surface area contributed by atoms with Crippen LogP contribution in [0.4, 0.5) is 4.39 Å². The summed E-state index contributed by atoms with van der Waals surface area (Å²) in [7, 11) is 0. The second-order valence-corrected chi connectivity index (χ2v) is 5.77.